The molecule has 0 bridgehead atoms. The lowest BCUT2D eigenvalue weighted by Crippen LogP contribution is -3.28. The van der Waals surface area contributed by atoms with Crippen LogP contribution >= 0.6 is 0 Å². The SMILES string of the molecule is Cc1cccc(C[NH+]2CC[NH+](CN3C(=O)c4ccccc4C3=O)CC2)c1. The van der Waals surface area contributed by atoms with Gasteiger partial charge in [-0.15, -0.1) is 0 Å². The van der Waals surface area contributed by atoms with Gasteiger partial charge in [0.05, 0.1) is 11.1 Å². The second-order valence-corrected chi connectivity index (χ2v) is 7.41. The van der Waals surface area contributed by atoms with Crippen LogP contribution in [0.5, 0.6) is 0 Å². The fraction of sp³-hybridized carbons (Fsp3) is 0.333. The lowest BCUT2D eigenvalue weighted by molar-refractivity contribution is -1.02. The van der Waals surface area contributed by atoms with E-state index in [0.717, 1.165) is 32.7 Å². The molecule has 2 heterocycles. The van der Waals surface area contributed by atoms with Gasteiger partial charge in [0.15, 0.2) is 6.67 Å². The molecule has 4 rings (SSSR count). The number of nitrogens with zero attached hydrogens (tertiary/aromatic N) is 1. The maximum absolute atomic E-state index is 12.5. The first-order chi connectivity index (χ1) is 12.6. The lowest BCUT2D eigenvalue weighted by Gasteiger charge is -2.31. The molecule has 134 valence electrons. The highest BCUT2D eigenvalue weighted by Gasteiger charge is 2.38. The predicted octanol–water partition coefficient (Wildman–Crippen LogP) is -0.468. The van der Waals surface area contributed by atoms with E-state index in [1.54, 1.807) is 17.0 Å². The first kappa shape index (κ1) is 16.9. The van der Waals surface area contributed by atoms with Crippen molar-refractivity contribution in [2.75, 3.05) is 32.8 Å². The molecule has 2 aromatic carbocycles. The Morgan fingerprint density at radius 1 is 0.846 bits per heavy atom. The number of hydrogen-bond acceptors (Lipinski definition) is 2. The molecule has 0 saturated carbocycles. The molecule has 2 amide bonds. The third kappa shape index (κ3) is 3.28. The van der Waals surface area contributed by atoms with E-state index in [9.17, 15) is 9.59 Å². The zero-order valence-corrected chi connectivity index (χ0v) is 15.1. The molecule has 2 aliphatic rings. The molecule has 0 spiro atoms. The first-order valence-corrected chi connectivity index (χ1v) is 9.30. The van der Waals surface area contributed by atoms with E-state index < -0.39 is 0 Å². The van der Waals surface area contributed by atoms with Gasteiger partial charge < -0.3 is 9.80 Å². The van der Waals surface area contributed by atoms with Gasteiger partial charge in [0.25, 0.3) is 11.8 Å². The molecule has 1 saturated heterocycles. The number of aryl methyl sites for hydroxylation is 1. The highest BCUT2D eigenvalue weighted by Crippen LogP contribution is 2.21. The number of imide groups is 1. The summed E-state index contributed by atoms with van der Waals surface area (Å²) in [6, 6.07) is 15.8. The number of hydrogen-bond donors (Lipinski definition) is 2. The molecule has 0 aromatic heterocycles. The predicted molar refractivity (Wildman–Crippen MR) is 98.1 cm³/mol. The quantitative estimate of drug-likeness (QED) is 0.732. The van der Waals surface area contributed by atoms with Gasteiger partial charge in [0.1, 0.15) is 32.7 Å². The van der Waals surface area contributed by atoms with Crippen molar-refractivity contribution in [2.45, 2.75) is 13.5 Å². The van der Waals surface area contributed by atoms with E-state index in [-0.39, 0.29) is 11.8 Å². The van der Waals surface area contributed by atoms with Crippen molar-refractivity contribution in [1.82, 2.24) is 4.90 Å². The Balaban J connectivity index is 1.33. The van der Waals surface area contributed by atoms with E-state index >= 15 is 0 Å². The molecule has 2 aromatic rings. The molecule has 2 N–H and O–H groups in total. The lowest BCUT2D eigenvalue weighted by atomic mass is 10.1. The third-order valence-electron chi connectivity index (χ3n) is 5.46. The summed E-state index contributed by atoms with van der Waals surface area (Å²) in [6.07, 6.45) is 0. The summed E-state index contributed by atoms with van der Waals surface area (Å²) in [5.41, 5.74) is 3.77. The van der Waals surface area contributed by atoms with Gasteiger partial charge in [-0.1, -0.05) is 42.0 Å². The topological polar surface area (TPSA) is 46.3 Å². The largest absolute Gasteiger partial charge is 0.322 e. The summed E-state index contributed by atoms with van der Waals surface area (Å²) >= 11 is 0. The molecule has 26 heavy (non-hydrogen) atoms. The van der Waals surface area contributed by atoms with Gasteiger partial charge in [0.2, 0.25) is 0 Å². The highest BCUT2D eigenvalue weighted by atomic mass is 16.2. The van der Waals surface area contributed by atoms with Crippen LogP contribution in [0, 0.1) is 6.92 Å². The van der Waals surface area contributed by atoms with Crippen molar-refractivity contribution < 1.29 is 19.4 Å². The molecule has 1 fully saturated rings. The summed E-state index contributed by atoms with van der Waals surface area (Å²) < 4.78 is 0. The molecule has 0 radical (unpaired) electrons. The monoisotopic (exact) mass is 351 g/mol. The minimum absolute atomic E-state index is 0.146. The number of fused-ring (bicyclic) bond motifs is 1. The second kappa shape index (κ2) is 7.02. The van der Waals surface area contributed by atoms with E-state index in [4.69, 9.17) is 0 Å². The van der Waals surface area contributed by atoms with E-state index in [1.807, 2.05) is 12.1 Å². The average molecular weight is 351 g/mol. The Bertz CT molecular complexity index is 806. The number of carbonyl (C=O) groups is 2. The number of piperazine rings is 1. The molecule has 0 unspecified atom stereocenters. The van der Waals surface area contributed by atoms with Crippen LogP contribution in [0.2, 0.25) is 0 Å². The summed E-state index contributed by atoms with van der Waals surface area (Å²) in [5.74, 6) is -0.291. The van der Waals surface area contributed by atoms with Crippen LogP contribution in [-0.2, 0) is 6.54 Å². The maximum Gasteiger partial charge on any atom is 0.265 e. The standard InChI is InChI=1S/C21H23N3O2/c1-16-5-4-6-17(13-16)14-22-9-11-23(12-10-22)15-24-20(25)18-7-2-3-8-19(18)21(24)26/h2-8,13H,9-12,14-15H2,1H3/p+2. The van der Waals surface area contributed by atoms with Crippen molar-refractivity contribution in [3.8, 4) is 0 Å². The van der Waals surface area contributed by atoms with Crippen molar-refractivity contribution in [3.63, 3.8) is 0 Å². The van der Waals surface area contributed by atoms with Gasteiger partial charge in [0, 0.05) is 5.56 Å². The molecule has 5 nitrogen and oxygen atoms in total. The van der Waals surface area contributed by atoms with E-state index in [1.165, 1.54) is 20.9 Å². The smallest absolute Gasteiger partial charge is 0.265 e. The van der Waals surface area contributed by atoms with Crippen molar-refractivity contribution in [2.24, 2.45) is 0 Å². The minimum Gasteiger partial charge on any atom is -0.322 e. The molecule has 0 atom stereocenters. The van der Waals surface area contributed by atoms with Gasteiger partial charge in [-0.2, -0.15) is 0 Å². The Morgan fingerprint density at radius 2 is 1.46 bits per heavy atom. The summed E-state index contributed by atoms with van der Waals surface area (Å²) in [4.78, 5) is 29.3. The number of carbonyl (C=O) groups excluding carboxylic acids is 2. The van der Waals surface area contributed by atoms with Crippen LogP contribution in [0.1, 0.15) is 31.8 Å². The van der Waals surface area contributed by atoms with E-state index in [2.05, 4.69) is 31.2 Å². The maximum atomic E-state index is 12.5. The summed E-state index contributed by atoms with van der Waals surface area (Å²) in [7, 11) is 0. The summed E-state index contributed by atoms with van der Waals surface area (Å²) in [5, 5.41) is 0. The van der Waals surface area contributed by atoms with Gasteiger partial charge in [-0.05, 0) is 19.1 Å². The highest BCUT2D eigenvalue weighted by molar-refractivity contribution is 6.21. The number of quaternary nitrogens is 2. The van der Waals surface area contributed by atoms with Crippen LogP contribution in [0.4, 0.5) is 0 Å². The van der Waals surface area contributed by atoms with Gasteiger partial charge >= 0.3 is 0 Å². The molecule has 5 heteroatoms. The summed E-state index contributed by atoms with van der Waals surface area (Å²) in [6.45, 7) is 7.73. The minimum atomic E-state index is -0.146. The van der Waals surface area contributed by atoms with Crippen LogP contribution in [-0.4, -0.2) is 49.6 Å². The zero-order valence-electron chi connectivity index (χ0n) is 15.1. The zero-order chi connectivity index (χ0) is 18.1. The van der Waals surface area contributed by atoms with Crippen molar-refractivity contribution in [3.05, 3.63) is 70.8 Å². The fourth-order valence-corrected chi connectivity index (χ4v) is 4.01. The fourth-order valence-electron chi connectivity index (χ4n) is 4.01. The van der Waals surface area contributed by atoms with Crippen LogP contribution in [0.3, 0.4) is 0 Å². The van der Waals surface area contributed by atoms with E-state index in [0.29, 0.717) is 17.8 Å². The number of benzene rings is 2. The van der Waals surface area contributed by atoms with Crippen LogP contribution in [0.15, 0.2) is 48.5 Å². The molecular formula is C21H25N3O2+2. The second-order valence-electron chi connectivity index (χ2n) is 7.41. The Labute approximate surface area is 153 Å². The van der Waals surface area contributed by atoms with Crippen molar-refractivity contribution in [1.29, 1.82) is 0 Å². The van der Waals surface area contributed by atoms with Crippen LogP contribution < -0.4 is 9.80 Å². The number of amides is 2. The Kier molecular flexibility index (Phi) is 4.57. The Morgan fingerprint density at radius 3 is 2.08 bits per heavy atom. The van der Waals surface area contributed by atoms with Gasteiger partial charge in [-0.3, -0.25) is 9.59 Å². The number of nitrogens with one attached hydrogen (secondary N) is 2. The third-order valence-corrected chi connectivity index (χ3v) is 5.46. The molecular weight excluding hydrogens is 326 g/mol. The first-order valence-electron chi connectivity index (χ1n) is 9.30. The Hall–Kier alpha value is -2.50. The normalized spacial score (nSPS) is 22.6. The van der Waals surface area contributed by atoms with Gasteiger partial charge in [-0.25, -0.2) is 4.90 Å². The molecule has 0 aliphatic carbocycles. The number of rotatable bonds is 4. The van der Waals surface area contributed by atoms with Crippen molar-refractivity contribution >= 4 is 11.8 Å². The van der Waals surface area contributed by atoms with Crippen LogP contribution in [0.25, 0.3) is 0 Å². The molecule has 2 aliphatic heterocycles. The average Bonchev–Trinajstić information content (AvgIpc) is 2.89.